The Morgan fingerprint density at radius 3 is 2.39 bits per heavy atom. The lowest BCUT2D eigenvalue weighted by molar-refractivity contribution is -0.145. The zero-order valence-electron chi connectivity index (χ0n) is 11.1. The van der Waals surface area contributed by atoms with Crippen LogP contribution in [-0.2, 0) is 20.9 Å². The highest BCUT2D eigenvalue weighted by Crippen LogP contribution is 2.22. The van der Waals surface area contributed by atoms with E-state index >= 15 is 0 Å². The smallest absolute Gasteiger partial charge is 0.308 e. The van der Waals surface area contributed by atoms with Gasteiger partial charge in [-0.25, -0.2) is 0 Å². The molecule has 4 nitrogen and oxygen atoms in total. The topological polar surface area (TPSA) is 55.8 Å². The number of benzene rings is 1. The number of aliphatic hydroxyl groups is 1. The number of carbonyl (C=O) groups is 1. The summed E-state index contributed by atoms with van der Waals surface area (Å²) in [6, 6.07) is 7.52. The van der Waals surface area contributed by atoms with E-state index in [-0.39, 0.29) is 11.9 Å². The fourth-order valence-electron chi connectivity index (χ4n) is 1.77. The molecule has 0 aliphatic rings. The van der Waals surface area contributed by atoms with E-state index in [1.54, 1.807) is 14.0 Å². The van der Waals surface area contributed by atoms with Crippen LogP contribution in [-0.4, -0.2) is 25.3 Å². The minimum atomic E-state index is -0.657. The largest absolute Gasteiger partial charge is 0.469 e. The molecule has 0 heterocycles. The molecule has 4 heteroatoms. The molecule has 1 rings (SSSR count). The molecule has 100 valence electrons. The van der Waals surface area contributed by atoms with Crippen LogP contribution in [0.3, 0.4) is 0 Å². The second-order valence-corrected chi connectivity index (χ2v) is 4.35. The molecular formula is C14H20O4. The van der Waals surface area contributed by atoms with Gasteiger partial charge in [0, 0.05) is 7.11 Å². The summed E-state index contributed by atoms with van der Waals surface area (Å²) >= 11 is 0. The number of rotatable bonds is 6. The van der Waals surface area contributed by atoms with Gasteiger partial charge in [-0.05, 0) is 17.5 Å². The van der Waals surface area contributed by atoms with Gasteiger partial charge in [0.1, 0.15) is 0 Å². The lowest BCUT2D eigenvalue weighted by Gasteiger charge is -2.15. The van der Waals surface area contributed by atoms with E-state index in [0.29, 0.717) is 13.0 Å². The maximum absolute atomic E-state index is 11.3. The second kappa shape index (κ2) is 7.13. The first-order valence-electron chi connectivity index (χ1n) is 5.92. The van der Waals surface area contributed by atoms with E-state index in [0.717, 1.165) is 11.1 Å². The molecule has 0 aliphatic carbocycles. The molecule has 0 radical (unpaired) electrons. The maximum atomic E-state index is 11.3. The van der Waals surface area contributed by atoms with Crippen molar-refractivity contribution in [1.82, 2.24) is 0 Å². The van der Waals surface area contributed by atoms with Crippen LogP contribution in [0.5, 0.6) is 0 Å². The number of hydrogen-bond acceptors (Lipinski definition) is 4. The highest BCUT2D eigenvalue weighted by molar-refractivity contribution is 5.71. The van der Waals surface area contributed by atoms with E-state index < -0.39 is 6.10 Å². The summed E-state index contributed by atoms with van der Waals surface area (Å²) in [7, 11) is 2.99. The molecule has 2 atom stereocenters. The summed E-state index contributed by atoms with van der Waals surface area (Å²) < 4.78 is 9.65. The number of esters is 1. The average molecular weight is 252 g/mol. The maximum Gasteiger partial charge on any atom is 0.308 e. The molecule has 0 bridgehead atoms. The van der Waals surface area contributed by atoms with Crippen molar-refractivity contribution < 1.29 is 19.4 Å². The van der Waals surface area contributed by atoms with Crippen molar-refractivity contribution in [3.05, 3.63) is 35.4 Å². The molecule has 0 aromatic heterocycles. The number of aliphatic hydroxyl groups excluding tert-OH is 1. The first-order valence-corrected chi connectivity index (χ1v) is 5.92. The van der Waals surface area contributed by atoms with Gasteiger partial charge >= 0.3 is 5.97 Å². The van der Waals surface area contributed by atoms with Crippen LogP contribution >= 0.6 is 0 Å². The van der Waals surface area contributed by atoms with Gasteiger partial charge < -0.3 is 14.6 Å². The molecule has 2 unspecified atom stereocenters. The Morgan fingerprint density at radius 1 is 1.28 bits per heavy atom. The van der Waals surface area contributed by atoms with Crippen LogP contribution in [0.15, 0.2) is 24.3 Å². The van der Waals surface area contributed by atoms with Crippen molar-refractivity contribution in [1.29, 1.82) is 0 Å². The Bertz CT molecular complexity index is 372. The number of ether oxygens (including phenoxy) is 2. The van der Waals surface area contributed by atoms with E-state index in [1.165, 1.54) is 7.11 Å². The van der Waals surface area contributed by atoms with Gasteiger partial charge in [-0.2, -0.15) is 0 Å². The van der Waals surface area contributed by atoms with Crippen LogP contribution < -0.4 is 0 Å². The molecule has 0 aliphatic heterocycles. The standard InChI is InChI=1S/C14H20O4/c1-10(14(16)18-3)8-13(15)12-6-4-11(5-7-12)9-17-2/h4-7,10,13,15H,8-9H2,1-3H3. The highest BCUT2D eigenvalue weighted by Gasteiger charge is 2.18. The lowest BCUT2D eigenvalue weighted by Crippen LogP contribution is -2.16. The van der Waals surface area contributed by atoms with E-state index in [2.05, 4.69) is 4.74 Å². The molecule has 1 N–H and O–H groups in total. The van der Waals surface area contributed by atoms with Gasteiger partial charge in [0.15, 0.2) is 0 Å². The zero-order valence-corrected chi connectivity index (χ0v) is 11.1. The Morgan fingerprint density at radius 2 is 1.89 bits per heavy atom. The summed E-state index contributed by atoms with van der Waals surface area (Å²) in [5.41, 5.74) is 1.85. The van der Waals surface area contributed by atoms with Crippen LogP contribution in [0.25, 0.3) is 0 Å². The molecule has 1 aromatic rings. The van der Waals surface area contributed by atoms with Gasteiger partial charge in [-0.3, -0.25) is 4.79 Å². The average Bonchev–Trinajstić information content (AvgIpc) is 2.38. The molecule has 18 heavy (non-hydrogen) atoms. The molecule has 0 saturated carbocycles. The second-order valence-electron chi connectivity index (χ2n) is 4.35. The van der Waals surface area contributed by atoms with Crippen molar-refractivity contribution in [2.45, 2.75) is 26.1 Å². The first-order chi connectivity index (χ1) is 8.58. The van der Waals surface area contributed by atoms with Gasteiger partial charge in [-0.1, -0.05) is 31.2 Å². The van der Waals surface area contributed by atoms with Gasteiger partial charge in [0.05, 0.1) is 25.7 Å². The Labute approximate surface area is 108 Å². The third kappa shape index (κ3) is 4.13. The molecular weight excluding hydrogens is 232 g/mol. The Kier molecular flexibility index (Phi) is 5.82. The van der Waals surface area contributed by atoms with Crippen molar-refractivity contribution in [3.8, 4) is 0 Å². The van der Waals surface area contributed by atoms with Crippen LogP contribution in [0.1, 0.15) is 30.6 Å². The third-order valence-corrected chi connectivity index (χ3v) is 2.86. The Hall–Kier alpha value is -1.39. The highest BCUT2D eigenvalue weighted by atomic mass is 16.5. The molecule has 0 spiro atoms. The van der Waals surface area contributed by atoms with Crippen molar-refractivity contribution in [3.63, 3.8) is 0 Å². The number of carbonyl (C=O) groups excluding carboxylic acids is 1. The summed E-state index contributed by atoms with van der Waals surface area (Å²) in [6.07, 6.45) is -0.299. The van der Waals surface area contributed by atoms with E-state index in [1.807, 2.05) is 24.3 Å². The number of methoxy groups -OCH3 is 2. The van der Waals surface area contributed by atoms with E-state index in [4.69, 9.17) is 4.74 Å². The fourth-order valence-corrected chi connectivity index (χ4v) is 1.77. The summed E-state index contributed by atoms with van der Waals surface area (Å²) in [4.78, 5) is 11.3. The molecule has 0 saturated heterocycles. The van der Waals surface area contributed by atoms with E-state index in [9.17, 15) is 9.90 Å². The summed E-state index contributed by atoms with van der Waals surface area (Å²) in [5.74, 6) is -0.617. The number of hydrogen-bond donors (Lipinski definition) is 1. The van der Waals surface area contributed by atoms with Crippen LogP contribution in [0.2, 0.25) is 0 Å². The first kappa shape index (κ1) is 14.7. The lowest BCUT2D eigenvalue weighted by atomic mass is 9.97. The minimum Gasteiger partial charge on any atom is -0.469 e. The van der Waals surface area contributed by atoms with Crippen molar-refractivity contribution in [2.75, 3.05) is 14.2 Å². The third-order valence-electron chi connectivity index (χ3n) is 2.86. The predicted octanol–water partition coefficient (Wildman–Crippen LogP) is 2.07. The van der Waals surface area contributed by atoms with Crippen molar-refractivity contribution >= 4 is 5.97 Å². The van der Waals surface area contributed by atoms with Crippen LogP contribution in [0, 0.1) is 5.92 Å². The van der Waals surface area contributed by atoms with Gasteiger partial charge in [0.2, 0.25) is 0 Å². The fraction of sp³-hybridized carbons (Fsp3) is 0.500. The quantitative estimate of drug-likeness (QED) is 0.787. The summed E-state index contributed by atoms with van der Waals surface area (Å²) in [5, 5.41) is 10.0. The minimum absolute atomic E-state index is 0.301. The monoisotopic (exact) mass is 252 g/mol. The summed E-state index contributed by atoms with van der Waals surface area (Å²) in [6.45, 7) is 2.29. The van der Waals surface area contributed by atoms with Gasteiger partial charge in [-0.15, -0.1) is 0 Å². The van der Waals surface area contributed by atoms with Crippen LogP contribution in [0.4, 0.5) is 0 Å². The molecule has 0 fully saturated rings. The molecule has 1 aromatic carbocycles. The molecule has 0 amide bonds. The SMILES string of the molecule is COCc1ccc(C(O)CC(C)C(=O)OC)cc1. The normalized spacial score (nSPS) is 14.0. The van der Waals surface area contributed by atoms with Crippen molar-refractivity contribution in [2.24, 2.45) is 5.92 Å². The Balaban J connectivity index is 2.61. The zero-order chi connectivity index (χ0) is 13.5. The predicted molar refractivity (Wildman–Crippen MR) is 67.9 cm³/mol. The van der Waals surface area contributed by atoms with Gasteiger partial charge in [0.25, 0.3) is 0 Å².